The standard InChI is InChI=1S/C14H14ClN3O/c15-8-2-4-10-12(6-8)18-11-5-7(14(17)19)1-3-9(11)13(10)16/h2,4,6-7H,1,3,5H2,(H2,16,18)(H2,17,19). The highest BCUT2D eigenvalue weighted by Gasteiger charge is 2.26. The minimum Gasteiger partial charge on any atom is -0.398 e. The maximum Gasteiger partial charge on any atom is 0.220 e. The van der Waals surface area contributed by atoms with Crippen LogP contribution in [0.5, 0.6) is 0 Å². The molecule has 2 aromatic rings. The first kappa shape index (κ1) is 12.2. The topological polar surface area (TPSA) is 82.0 Å². The van der Waals surface area contributed by atoms with Crippen molar-refractivity contribution in [2.45, 2.75) is 19.3 Å². The van der Waals surface area contributed by atoms with E-state index in [0.717, 1.165) is 40.7 Å². The molecule has 1 unspecified atom stereocenters. The highest BCUT2D eigenvalue weighted by atomic mass is 35.5. The van der Waals surface area contributed by atoms with Gasteiger partial charge in [-0.3, -0.25) is 9.78 Å². The van der Waals surface area contributed by atoms with Gasteiger partial charge in [0.05, 0.1) is 5.52 Å². The molecule has 0 spiro atoms. The van der Waals surface area contributed by atoms with Gasteiger partial charge in [-0.2, -0.15) is 0 Å². The molecule has 0 aliphatic heterocycles. The molecule has 1 aromatic carbocycles. The summed E-state index contributed by atoms with van der Waals surface area (Å²) in [6.07, 6.45) is 2.06. The van der Waals surface area contributed by atoms with Gasteiger partial charge in [-0.1, -0.05) is 11.6 Å². The molecule has 0 radical (unpaired) electrons. The van der Waals surface area contributed by atoms with E-state index in [0.29, 0.717) is 11.4 Å². The van der Waals surface area contributed by atoms with E-state index in [1.54, 1.807) is 6.07 Å². The summed E-state index contributed by atoms with van der Waals surface area (Å²) in [5.41, 5.74) is 15.0. The summed E-state index contributed by atoms with van der Waals surface area (Å²) >= 11 is 5.98. The number of anilines is 1. The first-order valence-electron chi connectivity index (χ1n) is 6.22. The lowest BCUT2D eigenvalue weighted by Crippen LogP contribution is -2.29. The number of nitrogens with zero attached hydrogens (tertiary/aromatic N) is 1. The van der Waals surface area contributed by atoms with Crippen molar-refractivity contribution in [3.05, 3.63) is 34.5 Å². The Labute approximate surface area is 115 Å². The number of halogens is 1. The summed E-state index contributed by atoms with van der Waals surface area (Å²) in [4.78, 5) is 15.9. The van der Waals surface area contributed by atoms with Crippen LogP contribution in [-0.2, 0) is 17.6 Å². The molecule has 1 aliphatic carbocycles. The van der Waals surface area contributed by atoms with Crippen LogP contribution >= 0.6 is 11.6 Å². The SMILES string of the molecule is NC(=O)C1CCc2c(nc3cc(Cl)ccc3c2N)C1. The van der Waals surface area contributed by atoms with Gasteiger partial charge < -0.3 is 11.5 Å². The molecular formula is C14H14ClN3O. The molecule has 0 saturated heterocycles. The average Bonchev–Trinajstić information content (AvgIpc) is 2.37. The van der Waals surface area contributed by atoms with Crippen LogP contribution in [0.15, 0.2) is 18.2 Å². The van der Waals surface area contributed by atoms with Gasteiger partial charge in [-0.05, 0) is 36.6 Å². The summed E-state index contributed by atoms with van der Waals surface area (Å²) in [6, 6.07) is 5.49. The smallest absolute Gasteiger partial charge is 0.220 e. The van der Waals surface area contributed by atoms with Gasteiger partial charge in [0.15, 0.2) is 0 Å². The van der Waals surface area contributed by atoms with Gasteiger partial charge in [-0.15, -0.1) is 0 Å². The predicted molar refractivity (Wildman–Crippen MR) is 75.9 cm³/mol. The molecule has 19 heavy (non-hydrogen) atoms. The summed E-state index contributed by atoms with van der Waals surface area (Å²) < 4.78 is 0. The Kier molecular flexibility index (Phi) is 2.82. The lowest BCUT2D eigenvalue weighted by molar-refractivity contribution is -0.122. The number of fused-ring (bicyclic) bond motifs is 2. The monoisotopic (exact) mass is 275 g/mol. The number of pyridine rings is 1. The first-order valence-corrected chi connectivity index (χ1v) is 6.60. The normalized spacial score (nSPS) is 18.3. The Bertz CT molecular complexity index is 684. The molecule has 1 atom stereocenters. The number of benzene rings is 1. The summed E-state index contributed by atoms with van der Waals surface area (Å²) in [5.74, 6) is -0.409. The van der Waals surface area contributed by atoms with Crippen molar-refractivity contribution < 1.29 is 4.79 Å². The average molecular weight is 276 g/mol. The molecule has 1 aromatic heterocycles. The van der Waals surface area contributed by atoms with E-state index in [9.17, 15) is 4.79 Å². The number of hydrogen-bond donors (Lipinski definition) is 2. The molecule has 4 nitrogen and oxygen atoms in total. The second-order valence-electron chi connectivity index (χ2n) is 4.95. The highest BCUT2D eigenvalue weighted by Crippen LogP contribution is 2.33. The number of rotatable bonds is 1. The van der Waals surface area contributed by atoms with Crippen LogP contribution in [0, 0.1) is 5.92 Å². The molecule has 5 heteroatoms. The fraction of sp³-hybridized carbons (Fsp3) is 0.286. The maximum absolute atomic E-state index is 11.3. The van der Waals surface area contributed by atoms with E-state index >= 15 is 0 Å². The minimum atomic E-state index is -0.266. The number of aromatic nitrogens is 1. The van der Waals surface area contributed by atoms with Gasteiger partial charge in [-0.25, -0.2) is 0 Å². The number of hydrogen-bond acceptors (Lipinski definition) is 3. The quantitative estimate of drug-likeness (QED) is 0.836. The number of nitrogen functional groups attached to an aromatic ring is 1. The number of nitrogens with two attached hydrogens (primary N) is 2. The van der Waals surface area contributed by atoms with Crippen LogP contribution < -0.4 is 11.5 Å². The number of carbonyl (C=O) groups is 1. The van der Waals surface area contributed by atoms with Crippen LogP contribution in [0.1, 0.15) is 17.7 Å². The maximum atomic E-state index is 11.3. The van der Waals surface area contributed by atoms with Gasteiger partial charge in [0.25, 0.3) is 0 Å². The molecule has 98 valence electrons. The predicted octanol–water partition coefficient (Wildman–Crippen LogP) is 2.06. The molecule has 3 rings (SSSR count). The van der Waals surface area contributed by atoms with Gasteiger partial charge in [0.2, 0.25) is 5.91 Å². The fourth-order valence-corrected chi connectivity index (χ4v) is 2.87. The molecular weight excluding hydrogens is 262 g/mol. The zero-order valence-electron chi connectivity index (χ0n) is 10.3. The van der Waals surface area contributed by atoms with Crippen LogP contribution in [-0.4, -0.2) is 10.9 Å². The van der Waals surface area contributed by atoms with Crippen molar-refractivity contribution in [2.75, 3.05) is 5.73 Å². The molecule has 1 heterocycles. The number of primary amides is 1. The Morgan fingerprint density at radius 2 is 2.21 bits per heavy atom. The van der Waals surface area contributed by atoms with Crippen LogP contribution in [0.4, 0.5) is 5.69 Å². The van der Waals surface area contributed by atoms with Crippen molar-refractivity contribution >= 4 is 34.1 Å². The van der Waals surface area contributed by atoms with Gasteiger partial charge >= 0.3 is 0 Å². The van der Waals surface area contributed by atoms with Crippen LogP contribution in [0.25, 0.3) is 10.9 Å². The van der Waals surface area contributed by atoms with E-state index in [1.165, 1.54) is 0 Å². The first-order chi connectivity index (χ1) is 9.06. The van der Waals surface area contributed by atoms with E-state index < -0.39 is 0 Å². The van der Waals surface area contributed by atoms with Gasteiger partial charge in [0, 0.05) is 34.1 Å². The molecule has 1 amide bonds. The molecule has 0 bridgehead atoms. The fourth-order valence-electron chi connectivity index (χ4n) is 2.70. The summed E-state index contributed by atoms with van der Waals surface area (Å²) in [6.45, 7) is 0. The minimum absolute atomic E-state index is 0.143. The summed E-state index contributed by atoms with van der Waals surface area (Å²) in [5, 5.41) is 1.54. The van der Waals surface area contributed by atoms with E-state index in [2.05, 4.69) is 4.98 Å². The second kappa shape index (κ2) is 4.38. The third kappa shape index (κ3) is 2.02. The molecule has 0 saturated carbocycles. The van der Waals surface area contributed by atoms with E-state index in [-0.39, 0.29) is 11.8 Å². The van der Waals surface area contributed by atoms with Crippen LogP contribution in [0.3, 0.4) is 0 Å². The third-order valence-electron chi connectivity index (χ3n) is 3.76. The van der Waals surface area contributed by atoms with Crippen LogP contribution in [0.2, 0.25) is 5.02 Å². The zero-order valence-corrected chi connectivity index (χ0v) is 11.1. The van der Waals surface area contributed by atoms with Crippen molar-refractivity contribution in [2.24, 2.45) is 11.7 Å². The summed E-state index contributed by atoms with van der Waals surface area (Å²) in [7, 11) is 0. The molecule has 0 fully saturated rings. The third-order valence-corrected chi connectivity index (χ3v) is 4.00. The molecule has 4 N–H and O–H groups in total. The van der Waals surface area contributed by atoms with Gasteiger partial charge in [0.1, 0.15) is 0 Å². The lowest BCUT2D eigenvalue weighted by Gasteiger charge is -2.23. The van der Waals surface area contributed by atoms with Crippen molar-refractivity contribution in [1.82, 2.24) is 4.98 Å². The molecule has 1 aliphatic rings. The van der Waals surface area contributed by atoms with E-state index in [4.69, 9.17) is 23.1 Å². The Morgan fingerprint density at radius 1 is 1.42 bits per heavy atom. The number of carbonyl (C=O) groups excluding carboxylic acids is 1. The largest absolute Gasteiger partial charge is 0.398 e. The van der Waals surface area contributed by atoms with Crippen molar-refractivity contribution in [3.63, 3.8) is 0 Å². The lowest BCUT2D eigenvalue weighted by atomic mass is 9.85. The Hall–Kier alpha value is -1.81. The Balaban J connectivity index is 2.17. The Morgan fingerprint density at radius 3 is 2.95 bits per heavy atom. The second-order valence-corrected chi connectivity index (χ2v) is 5.39. The number of amides is 1. The van der Waals surface area contributed by atoms with Crippen molar-refractivity contribution in [1.29, 1.82) is 0 Å². The van der Waals surface area contributed by atoms with Crippen molar-refractivity contribution in [3.8, 4) is 0 Å². The van der Waals surface area contributed by atoms with E-state index in [1.807, 2.05) is 12.1 Å². The zero-order chi connectivity index (χ0) is 13.6. The highest BCUT2D eigenvalue weighted by molar-refractivity contribution is 6.31.